The van der Waals surface area contributed by atoms with Crippen molar-refractivity contribution in [3.63, 3.8) is 0 Å². The third kappa shape index (κ3) is 52.1. The molecule has 398 valence electrons. The topological polar surface area (TPSA) is 78.9 Å². The molecule has 0 aliphatic rings. The van der Waals surface area contributed by atoms with E-state index in [-0.39, 0.29) is 31.1 Å². The second-order valence-corrected chi connectivity index (χ2v) is 21.9. The molecule has 3 atom stereocenters. The number of carbonyl (C=O) groups is 3. The van der Waals surface area contributed by atoms with Gasteiger partial charge in [-0.25, -0.2) is 0 Å². The Bertz CT molecular complexity index is 1040. The Hall–Kier alpha value is -1.59. The molecule has 0 aliphatic heterocycles. The summed E-state index contributed by atoms with van der Waals surface area (Å²) in [4.78, 5) is 38.2. The van der Waals surface area contributed by atoms with Crippen LogP contribution in [0.3, 0.4) is 0 Å². The van der Waals surface area contributed by atoms with Gasteiger partial charge in [0.1, 0.15) is 13.2 Å². The van der Waals surface area contributed by atoms with Gasteiger partial charge in [0.05, 0.1) is 0 Å². The second-order valence-electron chi connectivity index (χ2n) is 21.9. The van der Waals surface area contributed by atoms with Crippen molar-refractivity contribution in [3.05, 3.63) is 0 Å². The fourth-order valence-corrected chi connectivity index (χ4v) is 9.29. The third-order valence-corrected chi connectivity index (χ3v) is 14.6. The maximum atomic E-state index is 12.9. The molecule has 0 amide bonds. The van der Waals surface area contributed by atoms with E-state index in [1.807, 2.05) is 0 Å². The van der Waals surface area contributed by atoms with Gasteiger partial charge < -0.3 is 14.2 Å². The van der Waals surface area contributed by atoms with Crippen LogP contribution in [0.4, 0.5) is 0 Å². The minimum absolute atomic E-state index is 0.0637. The minimum Gasteiger partial charge on any atom is -0.462 e. The molecule has 0 heterocycles. The van der Waals surface area contributed by atoms with Crippen molar-refractivity contribution in [2.75, 3.05) is 13.2 Å². The van der Waals surface area contributed by atoms with Gasteiger partial charge in [-0.15, -0.1) is 0 Å². The fraction of sp³-hybridized carbons (Fsp3) is 0.951. The summed E-state index contributed by atoms with van der Waals surface area (Å²) in [5, 5.41) is 0. The Kier molecular flexibility index (Phi) is 51.0. The van der Waals surface area contributed by atoms with E-state index < -0.39 is 6.10 Å². The molecule has 6 nitrogen and oxygen atoms in total. The smallest absolute Gasteiger partial charge is 0.306 e. The van der Waals surface area contributed by atoms with Crippen molar-refractivity contribution >= 4 is 17.9 Å². The van der Waals surface area contributed by atoms with Gasteiger partial charge in [0.2, 0.25) is 0 Å². The highest BCUT2D eigenvalue weighted by molar-refractivity contribution is 5.71. The summed E-state index contributed by atoms with van der Waals surface area (Å²) in [5.74, 6) is 1.75. The number of hydrogen-bond acceptors (Lipinski definition) is 6. The molecule has 67 heavy (non-hydrogen) atoms. The molecule has 0 aromatic rings. The van der Waals surface area contributed by atoms with E-state index in [2.05, 4.69) is 41.5 Å². The standard InChI is InChI=1S/C61H118O6/c1-7-56(5)48-42-36-30-24-17-15-13-11-9-10-12-14-16-18-28-34-40-46-52-61(64)67-58(53-65-59(62)50-44-38-32-26-21-19-23-29-35-41-47-55(3)4)54-66-60(63)51-45-39-33-27-22-20-25-31-37-43-49-57(6)8-2/h55-58H,7-54H2,1-6H3/t56?,57?,58-/m1/s1. The SMILES string of the molecule is CCC(C)CCCCCCCCCCCCCCCCCCCCC(=O)O[C@H](COC(=O)CCCCCCCCCCCCC(C)C)COC(=O)CCCCCCCCCCCCC(C)CC. The summed E-state index contributed by atoms with van der Waals surface area (Å²) in [6.45, 7) is 13.8. The van der Waals surface area contributed by atoms with Gasteiger partial charge in [0, 0.05) is 19.3 Å². The lowest BCUT2D eigenvalue weighted by Crippen LogP contribution is -2.30. The average Bonchev–Trinajstić information content (AvgIpc) is 3.31. The van der Waals surface area contributed by atoms with Gasteiger partial charge >= 0.3 is 17.9 Å². The van der Waals surface area contributed by atoms with Crippen LogP contribution in [-0.2, 0) is 28.6 Å². The molecular weight excluding hydrogens is 829 g/mol. The Morgan fingerprint density at radius 3 is 0.776 bits per heavy atom. The fourth-order valence-electron chi connectivity index (χ4n) is 9.29. The molecule has 0 aromatic heterocycles. The molecule has 0 N–H and O–H groups in total. The number of unbranched alkanes of at least 4 members (excludes halogenated alkanes) is 35. The molecule has 0 spiro atoms. The van der Waals surface area contributed by atoms with Gasteiger partial charge in [0.15, 0.2) is 6.10 Å². The lowest BCUT2D eigenvalue weighted by atomic mass is 9.99. The summed E-state index contributed by atoms with van der Waals surface area (Å²) in [7, 11) is 0. The summed E-state index contributed by atoms with van der Waals surface area (Å²) in [5.41, 5.74) is 0. The minimum atomic E-state index is -0.764. The maximum Gasteiger partial charge on any atom is 0.306 e. The van der Waals surface area contributed by atoms with E-state index in [0.717, 1.165) is 75.5 Å². The highest BCUT2D eigenvalue weighted by Gasteiger charge is 2.19. The molecule has 6 heteroatoms. The predicted octanol–water partition coefficient (Wildman–Crippen LogP) is 19.9. The van der Waals surface area contributed by atoms with E-state index in [0.29, 0.717) is 19.3 Å². The Labute approximate surface area is 418 Å². The third-order valence-electron chi connectivity index (χ3n) is 14.6. The number of rotatable bonds is 54. The Morgan fingerprint density at radius 1 is 0.299 bits per heavy atom. The Morgan fingerprint density at radius 2 is 0.522 bits per heavy atom. The van der Waals surface area contributed by atoms with Crippen molar-refractivity contribution in [1.29, 1.82) is 0 Å². The van der Waals surface area contributed by atoms with E-state index in [9.17, 15) is 14.4 Å². The van der Waals surface area contributed by atoms with Gasteiger partial charge in [-0.05, 0) is 37.0 Å². The van der Waals surface area contributed by atoms with Gasteiger partial charge in [0.25, 0.3) is 0 Å². The second kappa shape index (κ2) is 52.2. The van der Waals surface area contributed by atoms with E-state index in [4.69, 9.17) is 14.2 Å². The number of carbonyl (C=O) groups excluding carboxylic acids is 3. The monoisotopic (exact) mass is 947 g/mol. The van der Waals surface area contributed by atoms with Crippen LogP contribution in [0.25, 0.3) is 0 Å². The van der Waals surface area contributed by atoms with E-state index >= 15 is 0 Å². The van der Waals surface area contributed by atoms with E-state index in [1.54, 1.807) is 0 Å². The van der Waals surface area contributed by atoms with Gasteiger partial charge in [-0.2, -0.15) is 0 Å². The molecular formula is C61H118O6. The molecule has 0 fully saturated rings. The molecule has 0 saturated heterocycles. The lowest BCUT2D eigenvalue weighted by molar-refractivity contribution is -0.167. The van der Waals surface area contributed by atoms with Gasteiger partial charge in [-0.3, -0.25) is 14.4 Å². The summed E-state index contributed by atoms with van der Waals surface area (Å²) in [6.07, 6.45) is 55.2. The molecule has 0 rings (SSSR count). The predicted molar refractivity (Wildman–Crippen MR) is 289 cm³/mol. The maximum absolute atomic E-state index is 12.9. The number of ether oxygens (including phenoxy) is 3. The van der Waals surface area contributed by atoms with Crippen molar-refractivity contribution in [2.45, 2.75) is 343 Å². The quantitative estimate of drug-likeness (QED) is 0.0343. The molecule has 0 aliphatic carbocycles. The first-order valence-corrected chi connectivity index (χ1v) is 30.2. The first-order chi connectivity index (χ1) is 32.7. The molecule has 0 bridgehead atoms. The number of esters is 3. The zero-order valence-electron chi connectivity index (χ0n) is 46.2. The zero-order valence-corrected chi connectivity index (χ0v) is 46.2. The Balaban J connectivity index is 4.26. The van der Waals surface area contributed by atoms with Crippen LogP contribution in [0.5, 0.6) is 0 Å². The molecule has 0 saturated carbocycles. The highest BCUT2D eigenvalue weighted by atomic mass is 16.6. The first-order valence-electron chi connectivity index (χ1n) is 30.2. The molecule has 2 unspecified atom stereocenters. The molecule has 0 radical (unpaired) electrons. The summed E-state index contributed by atoms with van der Waals surface area (Å²) >= 11 is 0. The van der Waals surface area contributed by atoms with Crippen LogP contribution in [0.1, 0.15) is 337 Å². The zero-order chi connectivity index (χ0) is 49.1. The van der Waals surface area contributed by atoms with Crippen molar-refractivity contribution in [1.82, 2.24) is 0 Å². The van der Waals surface area contributed by atoms with Gasteiger partial charge in [-0.1, -0.05) is 298 Å². The van der Waals surface area contributed by atoms with Crippen LogP contribution in [-0.4, -0.2) is 37.2 Å². The van der Waals surface area contributed by atoms with Crippen LogP contribution in [0, 0.1) is 17.8 Å². The average molecular weight is 948 g/mol. The van der Waals surface area contributed by atoms with Crippen molar-refractivity contribution in [2.24, 2.45) is 17.8 Å². The summed E-state index contributed by atoms with van der Waals surface area (Å²) < 4.78 is 16.9. The van der Waals surface area contributed by atoms with Crippen LogP contribution >= 0.6 is 0 Å². The van der Waals surface area contributed by atoms with Crippen LogP contribution in [0.15, 0.2) is 0 Å². The first kappa shape index (κ1) is 65.4. The highest BCUT2D eigenvalue weighted by Crippen LogP contribution is 2.19. The number of hydrogen-bond donors (Lipinski definition) is 0. The normalized spacial score (nSPS) is 12.9. The summed E-state index contributed by atoms with van der Waals surface area (Å²) in [6, 6.07) is 0. The lowest BCUT2D eigenvalue weighted by Gasteiger charge is -2.18. The van der Waals surface area contributed by atoms with Crippen molar-refractivity contribution < 1.29 is 28.6 Å². The van der Waals surface area contributed by atoms with Crippen LogP contribution in [0.2, 0.25) is 0 Å². The van der Waals surface area contributed by atoms with Crippen LogP contribution < -0.4 is 0 Å². The molecule has 0 aromatic carbocycles. The largest absolute Gasteiger partial charge is 0.462 e. The van der Waals surface area contributed by atoms with E-state index in [1.165, 1.54) is 218 Å². The van der Waals surface area contributed by atoms with Crippen molar-refractivity contribution in [3.8, 4) is 0 Å².